The van der Waals surface area contributed by atoms with Crippen molar-refractivity contribution in [2.45, 2.75) is 6.92 Å². The third kappa shape index (κ3) is 3.38. The van der Waals surface area contributed by atoms with Gasteiger partial charge in [0.2, 0.25) is 0 Å². The standard InChI is InChI=1S/C12H9F2NO2/c1-2-17-12(16)9(7-15)5-8-3-4-10(13)11(14)6-8/h3-6H,2H2,1H3/b9-5-. The van der Waals surface area contributed by atoms with E-state index in [1.165, 1.54) is 6.07 Å². The molecule has 0 aromatic heterocycles. The van der Waals surface area contributed by atoms with Crippen molar-refractivity contribution in [2.24, 2.45) is 0 Å². The number of nitriles is 1. The van der Waals surface area contributed by atoms with Gasteiger partial charge in [-0.1, -0.05) is 6.07 Å². The molecule has 0 radical (unpaired) electrons. The molecule has 0 bridgehead atoms. The average molecular weight is 237 g/mol. The molecule has 0 atom stereocenters. The van der Waals surface area contributed by atoms with Crippen molar-refractivity contribution in [3.8, 4) is 6.07 Å². The Morgan fingerprint density at radius 3 is 2.71 bits per heavy atom. The van der Waals surface area contributed by atoms with Gasteiger partial charge in [0.25, 0.3) is 0 Å². The van der Waals surface area contributed by atoms with E-state index in [1.54, 1.807) is 13.0 Å². The number of benzene rings is 1. The van der Waals surface area contributed by atoms with Crippen molar-refractivity contribution in [1.29, 1.82) is 5.26 Å². The quantitative estimate of drug-likeness (QED) is 0.461. The van der Waals surface area contributed by atoms with Crippen LogP contribution in [0.5, 0.6) is 0 Å². The van der Waals surface area contributed by atoms with E-state index in [2.05, 4.69) is 4.74 Å². The average Bonchev–Trinajstić information content (AvgIpc) is 2.30. The molecule has 1 rings (SSSR count). The lowest BCUT2D eigenvalue weighted by Crippen LogP contribution is -2.06. The fraction of sp³-hybridized carbons (Fsp3) is 0.167. The molecule has 0 unspecified atom stereocenters. The minimum atomic E-state index is -1.04. The van der Waals surface area contributed by atoms with Crippen LogP contribution in [0.2, 0.25) is 0 Å². The summed E-state index contributed by atoms with van der Waals surface area (Å²) in [6, 6.07) is 4.71. The highest BCUT2D eigenvalue weighted by atomic mass is 19.2. The molecule has 0 N–H and O–H groups in total. The second-order valence-electron chi connectivity index (χ2n) is 3.06. The molecule has 3 nitrogen and oxygen atoms in total. The number of halogens is 2. The van der Waals surface area contributed by atoms with E-state index < -0.39 is 17.6 Å². The van der Waals surface area contributed by atoms with Gasteiger partial charge in [-0.05, 0) is 30.7 Å². The molecule has 0 aliphatic carbocycles. The summed E-state index contributed by atoms with van der Waals surface area (Å²) in [6.07, 6.45) is 1.14. The highest BCUT2D eigenvalue weighted by Gasteiger charge is 2.10. The van der Waals surface area contributed by atoms with Crippen LogP contribution >= 0.6 is 0 Å². The Bertz CT molecular complexity index is 504. The lowest BCUT2D eigenvalue weighted by molar-refractivity contribution is -0.137. The Morgan fingerprint density at radius 2 is 2.18 bits per heavy atom. The first-order valence-electron chi connectivity index (χ1n) is 4.82. The van der Waals surface area contributed by atoms with Crippen LogP contribution in [0.25, 0.3) is 6.08 Å². The number of esters is 1. The van der Waals surface area contributed by atoms with Crippen molar-refractivity contribution in [1.82, 2.24) is 0 Å². The first-order valence-corrected chi connectivity index (χ1v) is 4.82. The normalized spacial score (nSPS) is 10.8. The Morgan fingerprint density at radius 1 is 1.47 bits per heavy atom. The van der Waals surface area contributed by atoms with Gasteiger partial charge in [-0.2, -0.15) is 5.26 Å². The van der Waals surface area contributed by atoms with Crippen molar-refractivity contribution < 1.29 is 18.3 Å². The summed E-state index contributed by atoms with van der Waals surface area (Å²) >= 11 is 0. The zero-order valence-electron chi connectivity index (χ0n) is 9.04. The van der Waals surface area contributed by atoms with Crippen LogP contribution in [0, 0.1) is 23.0 Å². The van der Waals surface area contributed by atoms with Gasteiger partial charge in [0.05, 0.1) is 6.61 Å². The van der Waals surface area contributed by atoms with Gasteiger partial charge in [0.15, 0.2) is 11.6 Å². The Hall–Kier alpha value is -2.22. The maximum atomic E-state index is 12.9. The SMILES string of the molecule is CCOC(=O)/C(C#N)=C\c1ccc(F)c(F)c1. The van der Waals surface area contributed by atoms with Crippen molar-refractivity contribution in [3.63, 3.8) is 0 Å². The van der Waals surface area contributed by atoms with Crippen molar-refractivity contribution in [3.05, 3.63) is 41.0 Å². The molecular weight excluding hydrogens is 228 g/mol. The zero-order chi connectivity index (χ0) is 12.8. The molecule has 0 aliphatic heterocycles. The number of carbonyl (C=O) groups is 1. The third-order valence-corrected chi connectivity index (χ3v) is 1.87. The molecule has 17 heavy (non-hydrogen) atoms. The number of rotatable bonds is 3. The topological polar surface area (TPSA) is 50.1 Å². The molecule has 0 saturated carbocycles. The monoisotopic (exact) mass is 237 g/mol. The molecule has 1 aromatic carbocycles. The Balaban J connectivity index is 3.03. The molecular formula is C12H9F2NO2. The summed E-state index contributed by atoms with van der Waals surface area (Å²) in [5.41, 5.74) is -0.0497. The molecule has 0 amide bonds. The summed E-state index contributed by atoms with van der Waals surface area (Å²) < 4.78 is 30.1. The van der Waals surface area contributed by atoms with Gasteiger partial charge < -0.3 is 4.74 Å². The second-order valence-corrected chi connectivity index (χ2v) is 3.06. The van der Waals surface area contributed by atoms with Gasteiger partial charge in [-0.25, -0.2) is 13.6 Å². The highest BCUT2D eigenvalue weighted by molar-refractivity contribution is 5.97. The van der Waals surface area contributed by atoms with E-state index in [0.717, 1.165) is 18.2 Å². The first kappa shape index (κ1) is 12.8. The maximum absolute atomic E-state index is 12.9. The number of ether oxygens (including phenoxy) is 1. The summed E-state index contributed by atoms with van der Waals surface area (Å²) in [4.78, 5) is 11.2. The number of carbonyl (C=O) groups excluding carboxylic acids is 1. The molecule has 5 heteroatoms. The molecule has 0 fully saturated rings. The maximum Gasteiger partial charge on any atom is 0.348 e. The van der Waals surface area contributed by atoms with Crippen LogP contribution in [0.4, 0.5) is 8.78 Å². The smallest absolute Gasteiger partial charge is 0.348 e. The number of hydrogen-bond acceptors (Lipinski definition) is 3. The largest absolute Gasteiger partial charge is 0.462 e. The molecule has 0 heterocycles. The Kier molecular flexibility index (Phi) is 4.35. The number of nitrogens with zero attached hydrogens (tertiary/aromatic N) is 1. The minimum absolute atomic E-state index is 0.135. The summed E-state index contributed by atoms with van der Waals surface area (Å²) in [6.45, 7) is 1.74. The molecule has 88 valence electrons. The minimum Gasteiger partial charge on any atom is -0.462 e. The summed E-state index contributed by atoms with van der Waals surface area (Å²) in [7, 11) is 0. The molecule has 0 saturated heterocycles. The van der Waals surface area contributed by atoms with Crippen molar-refractivity contribution in [2.75, 3.05) is 6.61 Å². The predicted octanol–water partition coefficient (Wildman–Crippen LogP) is 2.43. The van der Waals surface area contributed by atoms with Crippen LogP contribution < -0.4 is 0 Å². The van der Waals surface area contributed by atoms with Crippen LogP contribution in [0.3, 0.4) is 0 Å². The van der Waals surface area contributed by atoms with E-state index in [-0.39, 0.29) is 17.7 Å². The van der Waals surface area contributed by atoms with Crippen LogP contribution in [0.15, 0.2) is 23.8 Å². The lowest BCUT2D eigenvalue weighted by Gasteiger charge is -2.00. The predicted molar refractivity (Wildman–Crippen MR) is 56.6 cm³/mol. The zero-order valence-corrected chi connectivity index (χ0v) is 9.04. The second kappa shape index (κ2) is 5.75. The molecule has 0 spiro atoms. The summed E-state index contributed by atoms with van der Waals surface area (Å²) in [5.74, 6) is -2.82. The van der Waals surface area contributed by atoms with Gasteiger partial charge in [0, 0.05) is 0 Å². The highest BCUT2D eigenvalue weighted by Crippen LogP contribution is 2.12. The fourth-order valence-corrected chi connectivity index (χ4v) is 1.11. The van der Waals surface area contributed by atoms with Gasteiger partial charge >= 0.3 is 5.97 Å². The molecule has 0 aliphatic rings. The Labute approximate surface area is 96.9 Å². The van der Waals surface area contributed by atoms with E-state index in [9.17, 15) is 13.6 Å². The van der Waals surface area contributed by atoms with Crippen LogP contribution in [-0.4, -0.2) is 12.6 Å². The molecule has 1 aromatic rings. The summed E-state index contributed by atoms with van der Waals surface area (Å²) in [5, 5.41) is 8.72. The van der Waals surface area contributed by atoms with Gasteiger partial charge in [-0.15, -0.1) is 0 Å². The van der Waals surface area contributed by atoms with Gasteiger partial charge in [-0.3, -0.25) is 0 Å². The van der Waals surface area contributed by atoms with Crippen LogP contribution in [0.1, 0.15) is 12.5 Å². The fourth-order valence-electron chi connectivity index (χ4n) is 1.11. The first-order chi connectivity index (χ1) is 8.08. The van der Waals surface area contributed by atoms with Crippen molar-refractivity contribution >= 4 is 12.0 Å². The lowest BCUT2D eigenvalue weighted by atomic mass is 10.1. The van der Waals surface area contributed by atoms with E-state index >= 15 is 0 Å². The van der Waals surface area contributed by atoms with E-state index in [0.29, 0.717) is 0 Å². The van der Waals surface area contributed by atoms with E-state index in [4.69, 9.17) is 5.26 Å². The van der Waals surface area contributed by atoms with Crippen LogP contribution in [-0.2, 0) is 9.53 Å². The van der Waals surface area contributed by atoms with E-state index in [1.807, 2.05) is 0 Å². The third-order valence-electron chi connectivity index (χ3n) is 1.87. The van der Waals surface area contributed by atoms with Gasteiger partial charge in [0.1, 0.15) is 11.6 Å². The number of hydrogen-bond donors (Lipinski definition) is 0.